The van der Waals surface area contributed by atoms with Crippen molar-refractivity contribution in [1.82, 2.24) is 57.3 Å². The van der Waals surface area contributed by atoms with E-state index in [0.717, 1.165) is 130 Å². The predicted molar refractivity (Wildman–Crippen MR) is 539 cm³/mol. The lowest BCUT2D eigenvalue weighted by Gasteiger charge is -2.22. The van der Waals surface area contributed by atoms with E-state index in [2.05, 4.69) is 125 Å². The fourth-order valence-corrected chi connectivity index (χ4v) is 14.6. The summed E-state index contributed by atoms with van der Waals surface area (Å²) in [6, 6.07) is 59.3. The second-order valence-corrected chi connectivity index (χ2v) is 31.7. The van der Waals surface area contributed by atoms with Crippen molar-refractivity contribution in [2.75, 3.05) is 287 Å². The maximum absolute atomic E-state index is 6.15. The molecule has 0 atom stereocenters. The van der Waals surface area contributed by atoms with Gasteiger partial charge >= 0.3 is 0 Å². The second-order valence-electron chi connectivity index (χ2n) is 31.7. The number of hydrogen-bond acceptors (Lipinski definition) is 28. The molecule has 1 aliphatic carbocycles. The topological polar surface area (TPSA) is 310 Å². The van der Waals surface area contributed by atoms with E-state index >= 15 is 0 Å². The number of rotatable bonds is 68. The van der Waals surface area contributed by atoms with Crippen LogP contribution in [0.4, 0.5) is 0 Å². The molecule has 0 bridgehead atoms. The minimum Gasteiger partial charge on any atom is -0.382 e. The quantitative estimate of drug-likeness (QED) is 0.0320. The summed E-state index contributed by atoms with van der Waals surface area (Å²) < 4.78 is 131. The van der Waals surface area contributed by atoms with Crippen LogP contribution in [0, 0.1) is 13.8 Å². The van der Waals surface area contributed by atoms with Crippen LogP contribution in [0.25, 0.3) is 77.6 Å². The third kappa shape index (κ3) is 45.1. The van der Waals surface area contributed by atoms with Gasteiger partial charge in [0.15, 0.2) is 0 Å². The van der Waals surface area contributed by atoms with Gasteiger partial charge < -0.3 is 132 Å². The van der Waals surface area contributed by atoms with Crippen LogP contribution in [0.2, 0.25) is 0 Å². The first-order valence-corrected chi connectivity index (χ1v) is 48.7. The van der Waals surface area contributed by atoms with Gasteiger partial charge in [-0.25, -0.2) is 29.9 Å². The van der Waals surface area contributed by atoms with E-state index in [-0.39, 0.29) is 0 Å². The van der Waals surface area contributed by atoms with Crippen molar-refractivity contribution in [1.29, 1.82) is 0 Å². The molecule has 139 heavy (non-hydrogen) atoms. The van der Waals surface area contributed by atoms with Crippen LogP contribution in [-0.4, -0.2) is 350 Å². The van der Waals surface area contributed by atoms with Gasteiger partial charge in [-0.15, -0.1) is 0 Å². The molecule has 34 nitrogen and oxygen atoms in total. The van der Waals surface area contributed by atoms with Gasteiger partial charge in [-0.05, 0) is 99.5 Å². The number of benzene rings is 7. The Morgan fingerprint density at radius 3 is 0.748 bits per heavy atom. The van der Waals surface area contributed by atoms with E-state index in [0.29, 0.717) is 251 Å². The Bertz CT molecular complexity index is 5200. The van der Waals surface area contributed by atoms with Crippen molar-refractivity contribution in [2.45, 2.75) is 91.3 Å². The van der Waals surface area contributed by atoms with Crippen LogP contribution < -0.4 is 0 Å². The lowest BCUT2D eigenvalue weighted by molar-refractivity contribution is -0.0149. The van der Waals surface area contributed by atoms with Gasteiger partial charge in [0.25, 0.3) is 0 Å². The van der Waals surface area contributed by atoms with Gasteiger partial charge in [-0.1, -0.05) is 122 Å². The number of imidazole rings is 6. The molecule has 7 aromatic carbocycles. The van der Waals surface area contributed by atoms with E-state index in [1.807, 2.05) is 136 Å². The summed E-state index contributed by atoms with van der Waals surface area (Å²) in [5, 5.41) is 0. The molecule has 1 saturated carbocycles. The minimum absolute atomic E-state index is 0.453. The Balaban J connectivity index is 0.000000187. The fourth-order valence-electron chi connectivity index (χ4n) is 14.6. The fraction of sp³-hybridized carbons (Fsp3) is 0.543. The summed E-state index contributed by atoms with van der Waals surface area (Å²) in [6.07, 6.45) is 12.4. The first kappa shape index (κ1) is 113. The minimum atomic E-state index is 0.453. The van der Waals surface area contributed by atoms with Crippen molar-refractivity contribution >= 4 is 66.2 Å². The molecule has 764 valence electrons. The molecule has 1 aliphatic rings. The zero-order chi connectivity index (χ0) is 97.4. The molecule has 0 unspecified atom stereocenters. The van der Waals surface area contributed by atoms with Crippen LogP contribution in [0.15, 0.2) is 195 Å². The van der Waals surface area contributed by atoms with Gasteiger partial charge in [0.1, 0.15) is 17.5 Å². The summed E-state index contributed by atoms with van der Waals surface area (Å²) in [5.41, 5.74) is 14.2. The molecule has 0 aliphatic heterocycles. The SMILES string of the molecule is COCCOCCOCCOCCOCCOCCn1cnc2ccccc21.COCCOCCOCCOCCOCCn1c(C)nc2ccccc21.COCCOCCOCCOCCn1cnc2ccccc21.COCCOCCOCCn1c(C)nc2ccccc21.COCCOCCOCCn1cnc2ccccc21.c1ccc(-c2nc3ccccc3n2CCOC2CCCCC2)cc1. The molecule has 34 heteroatoms. The van der Waals surface area contributed by atoms with Crippen LogP contribution in [0.1, 0.15) is 43.8 Å². The summed E-state index contributed by atoms with van der Waals surface area (Å²) in [4.78, 5) is 27.0. The van der Waals surface area contributed by atoms with Crippen LogP contribution in [0.3, 0.4) is 0 Å². The highest BCUT2D eigenvalue weighted by Gasteiger charge is 2.18. The van der Waals surface area contributed by atoms with E-state index in [4.69, 9.17) is 109 Å². The number of aromatic nitrogens is 12. The standard InChI is InChI=1S/C21H24N2O.C20H32N2O6.C19H30N2O5.C16H24N2O4.C15H22N2O3.C14H20N2O3/c1-3-9-17(10-4-1)21-22-19-13-7-8-14-20(19)23(21)15-16-24-18-11-5-2-6-12-18;1-23-8-9-25-12-13-27-16-17-28-15-14-26-11-10-24-7-6-22-18-21-19-4-2-3-5-20(19)22;1-17-20-18-5-3-4-6-19(18)21(17)7-8-23-11-12-25-15-16-26-14-13-24-10-9-22-2;1-19-8-9-21-12-13-22-11-10-20-7-6-18-14-17-15-4-2-3-5-16(15)18;1-13-16-14-5-3-4-6-15(14)17(13)7-8-19-11-12-20-10-9-18-2;1-17-8-9-19-11-10-18-7-6-16-12-15-13-4-2-3-5-14(13)16/h1,3-4,7-10,13-14,18H,2,5-6,11-12,15-16H2;2-5,18H,6-17H2,1H3;3-6H,7-16H2,1-2H3;2-5,14H,6-13H2,1H3;3-6H,7-12H2,1-2H3;2-5,12H,6-11H2,1H3. The highest BCUT2D eigenvalue weighted by atomic mass is 16.6. The van der Waals surface area contributed by atoms with Crippen LogP contribution in [0.5, 0.6) is 0 Å². The highest BCUT2D eigenvalue weighted by Crippen LogP contribution is 2.27. The predicted octanol–water partition coefficient (Wildman–Crippen LogP) is 14.3. The first-order chi connectivity index (χ1) is 68.8. The number of methoxy groups -OCH3 is 5. The normalized spacial score (nSPS) is 12.1. The number of aryl methyl sites for hydroxylation is 2. The molecule has 0 spiro atoms. The third-order valence-corrected chi connectivity index (χ3v) is 21.8. The Labute approximate surface area is 819 Å². The Morgan fingerprint density at radius 1 is 0.223 bits per heavy atom. The number of para-hydroxylation sites is 12. The van der Waals surface area contributed by atoms with Gasteiger partial charge in [0, 0.05) is 80.4 Å². The van der Waals surface area contributed by atoms with Crippen molar-refractivity contribution < 1.29 is 104 Å². The summed E-state index contributed by atoms with van der Waals surface area (Å²) in [5.74, 6) is 3.06. The van der Waals surface area contributed by atoms with Crippen molar-refractivity contribution in [3.05, 3.63) is 207 Å². The molecule has 0 radical (unpaired) electrons. The van der Waals surface area contributed by atoms with Gasteiger partial charge in [0.05, 0.1) is 342 Å². The monoisotopic (exact) mass is 1930 g/mol. The lowest BCUT2D eigenvalue weighted by atomic mass is 9.98. The maximum atomic E-state index is 6.15. The molecule has 0 saturated heterocycles. The third-order valence-electron chi connectivity index (χ3n) is 21.8. The van der Waals surface area contributed by atoms with Crippen molar-refractivity contribution in [3.63, 3.8) is 0 Å². The molecule has 0 amide bonds. The molecular weight excluding hydrogens is 1780 g/mol. The smallest absolute Gasteiger partial charge is 0.141 e. The number of ether oxygens (including phenoxy) is 22. The molecule has 6 heterocycles. The van der Waals surface area contributed by atoms with E-state index in [1.54, 1.807) is 35.5 Å². The van der Waals surface area contributed by atoms with E-state index in [9.17, 15) is 0 Å². The highest BCUT2D eigenvalue weighted by molar-refractivity contribution is 5.81. The Morgan fingerprint density at radius 2 is 0.453 bits per heavy atom. The average Bonchev–Trinajstić information content (AvgIpc) is 1.64. The van der Waals surface area contributed by atoms with Gasteiger partial charge in [-0.2, -0.15) is 0 Å². The van der Waals surface area contributed by atoms with Gasteiger partial charge in [0.2, 0.25) is 0 Å². The largest absolute Gasteiger partial charge is 0.382 e. The summed E-state index contributed by atoms with van der Waals surface area (Å²) in [7, 11) is 8.29. The van der Waals surface area contributed by atoms with Crippen LogP contribution in [-0.2, 0) is 143 Å². The maximum Gasteiger partial charge on any atom is 0.141 e. The number of hydrogen-bond donors (Lipinski definition) is 0. The Hall–Kier alpha value is -9.52. The average molecular weight is 1930 g/mol. The summed E-state index contributed by atoms with van der Waals surface area (Å²) in [6.45, 7) is 31.6. The van der Waals surface area contributed by atoms with Gasteiger partial charge in [-0.3, -0.25) is 0 Å². The summed E-state index contributed by atoms with van der Waals surface area (Å²) >= 11 is 0. The van der Waals surface area contributed by atoms with E-state index < -0.39 is 0 Å². The van der Waals surface area contributed by atoms with Crippen LogP contribution >= 0.6 is 0 Å². The zero-order valence-corrected chi connectivity index (χ0v) is 83.0. The van der Waals surface area contributed by atoms with Crippen molar-refractivity contribution in [3.8, 4) is 11.4 Å². The molecule has 1 fully saturated rings. The molecule has 14 rings (SSSR count). The Kier molecular flexibility index (Phi) is 59.8. The molecular formula is C105H152N12O22. The van der Waals surface area contributed by atoms with E-state index in [1.165, 1.54) is 37.6 Å². The molecule has 0 N–H and O–H groups in total. The van der Waals surface area contributed by atoms with Crippen molar-refractivity contribution in [2.24, 2.45) is 0 Å². The lowest BCUT2D eigenvalue weighted by Crippen LogP contribution is -2.19. The number of nitrogens with zero attached hydrogens (tertiary/aromatic N) is 12. The second kappa shape index (κ2) is 73.6. The zero-order valence-electron chi connectivity index (χ0n) is 83.0. The molecule has 6 aromatic heterocycles. The first-order valence-electron chi connectivity index (χ1n) is 48.7. The number of fused-ring (bicyclic) bond motifs is 6. The molecule has 13 aromatic rings.